The molecule has 0 radical (unpaired) electrons. The molecule has 23 heavy (non-hydrogen) atoms. The lowest BCUT2D eigenvalue weighted by molar-refractivity contribution is -0.109. The molecule has 0 aromatic heterocycles. The molecule has 0 aromatic rings. The van der Waals surface area contributed by atoms with E-state index in [-0.39, 0.29) is 6.10 Å². The molecule has 0 aliphatic heterocycles. The maximum absolute atomic E-state index is 11.4. The molecule has 1 saturated carbocycles. The van der Waals surface area contributed by atoms with E-state index in [4.69, 9.17) is 14.2 Å². The smallest absolute Gasteiger partial charge is 0.407 e. The molecule has 6 heteroatoms. The summed E-state index contributed by atoms with van der Waals surface area (Å²) in [6, 6.07) is 0. The Morgan fingerprint density at radius 1 is 1.22 bits per heavy atom. The first kappa shape index (κ1) is 19.9. The molecule has 2 unspecified atom stereocenters. The average molecular weight is 329 g/mol. The van der Waals surface area contributed by atoms with Gasteiger partial charge in [-0.25, -0.2) is 4.79 Å². The monoisotopic (exact) mass is 329 g/mol. The zero-order chi connectivity index (χ0) is 17.1. The number of amides is 1. The molecule has 0 heterocycles. The van der Waals surface area contributed by atoms with Gasteiger partial charge >= 0.3 is 6.09 Å². The van der Waals surface area contributed by atoms with Gasteiger partial charge < -0.3 is 24.3 Å². The van der Waals surface area contributed by atoms with Gasteiger partial charge in [-0.2, -0.15) is 0 Å². The molecule has 2 atom stereocenters. The fourth-order valence-electron chi connectivity index (χ4n) is 2.66. The Kier molecular flexibility index (Phi) is 9.17. The van der Waals surface area contributed by atoms with E-state index in [0.717, 1.165) is 32.0 Å². The van der Waals surface area contributed by atoms with Crippen LogP contribution in [0.25, 0.3) is 0 Å². The van der Waals surface area contributed by atoms with Gasteiger partial charge in [-0.15, -0.1) is 0 Å². The van der Waals surface area contributed by atoms with Crippen molar-refractivity contribution in [2.24, 2.45) is 5.92 Å². The summed E-state index contributed by atoms with van der Waals surface area (Å²) >= 11 is 0. The first-order valence-electron chi connectivity index (χ1n) is 8.50. The quantitative estimate of drug-likeness (QED) is 0.520. The lowest BCUT2D eigenvalue weighted by Gasteiger charge is -2.28. The van der Waals surface area contributed by atoms with Crippen LogP contribution in [0.5, 0.6) is 0 Å². The largest absolute Gasteiger partial charge is 0.444 e. The predicted molar refractivity (Wildman–Crippen MR) is 87.4 cm³/mol. The Morgan fingerprint density at radius 3 is 2.70 bits per heavy atom. The van der Waals surface area contributed by atoms with Crippen molar-refractivity contribution in [3.63, 3.8) is 0 Å². The first-order chi connectivity index (χ1) is 10.9. The van der Waals surface area contributed by atoms with E-state index in [0.29, 0.717) is 38.7 Å². The highest BCUT2D eigenvalue weighted by atomic mass is 16.6. The minimum absolute atomic E-state index is 0.247. The summed E-state index contributed by atoms with van der Waals surface area (Å²) in [4.78, 5) is 22.0. The lowest BCUT2D eigenvalue weighted by Crippen LogP contribution is -2.34. The SMILES string of the molecule is CC(C)(C)OC(=O)NCCOCCOC1CCCC(CC=O)C1. The van der Waals surface area contributed by atoms with Crippen LogP contribution in [0.1, 0.15) is 52.9 Å². The summed E-state index contributed by atoms with van der Waals surface area (Å²) in [5, 5.41) is 2.64. The number of nitrogens with one attached hydrogen (secondary N) is 1. The summed E-state index contributed by atoms with van der Waals surface area (Å²) in [7, 11) is 0. The zero-order valence-corrected chi connectivity index (χ0v) is 14.6. The minimum Gasteiger partial charge on any atom is -0.444 e. The van der Waals surface area contributed by atoms with Gasteiger partial charge in [0.2, 0.25) is 0 Å². The van der Waals surface area contributed by atoms with Crippen LogP contribution < -0.4 is 5.32 Å². The van der Waals surface area contributed by atoms with Crippen LogP contribution in [0.2, 0.25) is 0 Å². The van der Waals surface area contributed by atoms with E-state index in [1.54, 1.807) is 0 Å². The third-order valence-electron chi connectivity index (χ3n) is 3.66. The maximum atomic E-state index is 11.4. The third kappa shape index (κ3) is 10.3. The van der Waals surface area contributed by atoms with Gasteiger partial charge in [-0.05, 0) is 46.0 Å². The maximum Gasteiger partial charge on any atom is 0.407 e. The second kappa shape index (κ2) is 10.6. The number of ether oxygens (including phenoxy) is 3. The minimum atomic E-state index is -0.486. The third-order valence-corrected chi connectivity index (χ3v) is 3.66. The molecular weight excluding hydrogens is 298 g/mol. The van der Waals surface area contributed by atoms with Crippen molar-refractivity contribution in [3.8, 4) is 0 Å². The van der Waals surface area contributed by atoms with Crippen molar-refractivity contribution in [1.29, 1.82) is 0 Å². The molecule has 0 saturated heterocycles. The molecule has 1 aliphatic carbocycles. The standard InChI is InChI=1S/C17H31NO5/c1-17(2,3)23-16(20)18-8-10-21-11-12-22-15-6-4-5-14(13-15)7-9-19/h9,14-15H,4-8,10-13H2,1-3H3,(H,18,20). The van der Waals surface area contributed by atoms with Crippen LogP contribution in [0, 0.1) is 5.92 Å². The Labute approximate surface area is 139 Å². The summed E-state index contributed by atoms with van der Waals surface area (Å²) in [6.45, 7) is 7.37. The van der Waals surface area contributed by atoms with E-state index in [1.165, 1.54) is 0 Å². The number of carbonyl (C=O) groups is 2. The molecule has 1 N–H and O–H groups in total. The normalized spacial score (nSPS) is 21.7. The molecule has 6 nitrogen and oxygen atoms in total. The number of alkyl carbamates (subject to hydrolysis) is 1. The zero-order valence-electron chi connectivity index (χ0n) is 14.6. The fraction of sp³-hybridized carbons (Fsp3) is 0.882. The summed E-state index contributed by atoms with van der Waals surface area (Å²) in [6.07, 6.45) is 5.77. The van der Waals surface area contributed by atoms with E-state index in [2.05, 4.69) is 5.32 Å². The number of hydrogen-bond acceptors (Lipinski definition) is 5. The van der Waals surface area contributed by atoms with E-state index in [9.17, 15) is 9.59 Å². The molecule has 1 rings (SSSR count). The van der Waals surface area contributed by atoms with Crippen LogP contribution in [0.3, 0.4) is 0 Å². The summed E-state index contributed by atoms with van der Waals surface area (Å²) in [5.74, 6) is 0.477. The van der Waals surface area contributed by atoms with Crippen LogP contribution in [0.15, 0.2) is 0 Å². The topological polar surface area (TPSA) is 73.9 Å². The molecule has 1 fully saturated rings. The Balaban J connectivity index is 1.97. The van der Waals surface area contributed by atoms with Crippen molar-refractivity contribution in [2.45, 2.75) is 64.6 Å². The highest BCUT2D eigenvalue weighted by molar-refractivity contribution is 5.67. The Bertz CT molecular complexity index is 353. The lowest BCUT2D eigenvalue weighted by atomic mass is 9.85. The van der Waals surface area contributed by atoms with Crippen LogP contribution in [0.4, 0.5) is 4.79 Å². The van der Waals surface area contributed by atoms with Crippen molar-refractivity contribution in [1.82, 2.24) is 5.32 Å². The van der Waals surface area contributed by atoms with Crippen LogP contribution >= 0.6 is 0 Å². The van der Waals surface area contributed by atoms with Gasteiger partial charge in [0.1, 0.15) is 11.9 Å². The molecule has 1 aliphatic rings. The molecule has 0 bridgehead atoms. The van der Waals surface area contributed by atoms with E-state index in [1.807, 2.05) is 20.8 Å². The van der Waals surface area contributed by atoms with Gasteiger partial charge in [0.15, 0.2) is 0 Å². The summed E-state index contributed by atoms with van der Waals surface area (Å²) < 4.78 is 16.3. The van der Waals surface area contributed by atoms with Gasteiger partial charge in [0.05, 0.1) is 25.9 Å². The second-order valence-electron chi connectivity index (χ2n) is 6.97. The van der Waals surface area contributed by atoms with Crippen molar-refractivity contribution >= 4 is 12.4 Å². The Hall–Kier alpha value is -1.14. The van der Waals surface area contributed by atoms with Gasteiger partial charge in [0.25, 0.3) is 0 Å². The summed E-state index contributed by atoms with van der Waals surface area (Å²) in [5.41, 5.74) is -0.486. The highest BCUT2D eigenvalue weighted by Gasteiger charge is 2.22. The number of carbonyl (C=O) groups excluding carboxylic acids is 2. The van der Waals surface area contributed by atoms with Gasteiger partial charge in [0, 0.05) is 13.0 Å². The second-order valence-corrected chi connectivity index (χ2v) is 6.97. The first-order valence-corrected chi connectivity index (χ1v) is 8.50. The molecule has 1 amide bonds. The van der Waals surface area contributed by atoms with Crippen molar-refractivity contribution < 1.29 is 23.8 Å². The van der Waals surface area contributed by atoms with Crippen LogP contribution in [-0.4, -0.2) is 50.4 Å². The number of rotatable bonds is 9. The van der Waals surface area contributed by atoms with E-state index < -0.39 is 11.7 Å². The fourth-order valence-corrected chi connectivity index (χ4v) is 2.66. The molecule has 0 aromatic carbocycles. The van der Waals surface area contributed by atoms with Crippen molar-refractivity contribution in [2.75, 3.05) is 26.4 Å². The highest BCUT2D eigenvalue weighted by Crippen LogP contribution is 2.27. The van der Waals surface area contributed by atoms with Crippen molar-refractivity contribution in [3.05, 3.63) is 0 Å². The molecular formula is C17H31NO5. The predicted octanol–water partition coefficient (Wildman–Crippen LogP) is 2.69. The van der Waals surface area contributed by atoms with Gasteiger partial charge in [-0.3, -0.25) is 0 Å². The molecule has 0 spiro atoms. The Morgan fingerprint density at radius 2 is 2.00 bits per heavy atom. The number of hydrogen-bond donors (Lipinski definition) is 1. The molecule has 134 valence electrons. The van der Waals surface area contributed by atoms with Crippen LogP contribution in [-0.2, 0) is 19.0 Å². The number of aldehydes is 1. The van der Waals surface area contributed by atoms with E-state index >= 15 is 0 Å². The average Bonchev–Trinajstić information content (AvgIpc) is 2.45. The van der Waals surface area contributed by atoms with Gasteiger partial charge in [-0.1, -0.05) is 6.42 Å².